The summed E-state index contributed by atoms with van der Waals surface area (Å²) in [6, 6.07) is 0. The van der Waals surface area contributed by atoms with Crippen molar-refractivity contribution in [3.63, 3.8) is 0 Å². The Morgan fingerprint density at radius 1 is 1.45 bits per heavy atom. The molecule has 0 aromatic heterocycles. The largest absolute Gasteiger partial charge is 0.396 e. The zero-order chi connectivity index (χ0) is 8.32. The van der Waals surface area contributed by atoms with Gasteiger partial charge in [0.05, 0.1) is 5.60 Å². The minimum Gasteiger partial charge on any atom is -0.396 e. The number of rotatable bonds is 4. The number of likely N-dealkylation sites (tertiary alicyclic amines) is 1. The van der Waals surface area contributed by atoms with Gasteiger partial charge in [0.2, 0.25) is 0 Å². The summed E-state index contributed by atoms with van der Waals surface area (Å²) >= 11 is 0. The first kappa shape index (κ1) is 8.97. The van der Waals surface area contributed by atoms with Gasteiger partial charge in [-0.05, 0) is 12.8 Å². The summed E-state index contributed by atoms with van der Waals surface area (Å²) in [4.78, 5) is 2.17. The van der Waals surface area contributed by atoms with Crippen LogP contribution in [0.25, 0.3) is 0 Å². The lowest BCUT2D eigenvalue weighted by Crippen LogP contribution is -2.61. The van der Waals surface area contributed by atoms with Gasteiger partial charge in [-0.2, -0.15) is 0 Å². The Balaban J connectivity index is 2.08. The molecule has 1 aliphatic heterocycles. The summed E-state index contributed by atoms with van der Waals surface area (Å²) in [5.41, 5.74) is -0.421. The Labute approximate surface area is 67.6 Å². The number of hydrogen-bond donors (Lipinski definition) is 2. The van der Waals surface area contributed by atoms with Crippen molar-refractivity contribution in [2.45, 2.75) is 25.4 Å². The third-order valence-corrected chi connectivity index (χ3v) is 2.33. The smallest absolute Gasteiger partial charge is 0.0897 e. The molecular formula is C8H17NO2. The minimum absolute atomic E-state index is 0.251. The highest BCUT2D eigenvalue weighted by Crippen LogP contribution is 2.23. The predicted molar refractivity (Wildman–Crippen MR) is 43.4 cm³/mol. The Bertz CT molecular complexity index is 121. The van der Waals surface area contributed by atoms with Crippen LogP contribution in [0.2, 0.25) is 0 Å². The summed E-state index contributed by atoms with van der Waals surface area (Å²) in [5, 5.41) is 18.1. The van der Waals surface area contributed by atoms with Crippen molar-refractivity contribution in [1.29, 1.82) is 0 Å². The second-order valence-electron chi connectivity index (χ2n) is 3.37. The van der Waals surface area contributed by atoms with Crippen LogP contribution in [-0.2, 0) is 0 Å². The fourth-order valence-electron chi connectivity index (χ4n) is 1.46. The van der Waals surface area contributed by atoms with Crippen LogP contribution in [0.3, 0.4) is 0 Å². The topological polar surface area (TPSA) is 43.7 Å². The van der Waals surface area contributed by atoms with Gasteiger partial charge in [0, 0.05) is 26.2 Å². The molecule has 3 nitrogen and oxygen atoms in total. The van der Waals surface area contributed by atoms with E-state index in [2.05, 4.69) is 4.90 Å². The molecular weight excluding hydrogens is 142 g/mol. The van der Waals surface area contributed by atoms with Crippen molar-refractivity contribution in [2.24, 2.45) is 0 Å². The molecule has 0 bridgehead atoms. The molecule has 0 unspecified atom stereocenters. The summed E-state index contributed by atoms with van der Waals surface area (Å²) in [5.74, 6) is 0. The molecule has 1 rings (SSSR count). The molecule has 2 N–H and O–H groups in total. The van der Waals surface area contributed by atoms with Crippen molar-refractivity contribution in [1.82, 2.24) is 4.90 Å². The van der Waals surface area contributed by atoms with Crippen molar-refractivity contribution in [3.05, 3.63) is 0 Å². The van der Waals surface area contributed by atoms with Gasteiger partial charge in [0.15, 0.2) is 0 Å². The lowest BCUT2D eigenvalue weighted by molar-refractivity contribution is -0.100. The van der Waals surface area contributed by atoms with Crippen LogP contribution in [0.5, 0.6) is 0 Å². The summed E-state index contributed by atoms with van der Waals surface area (Å²) < 4.78 is 0. The van der Waals surface area contributed by atoms with Gasteiger partial charge in [-0.15, -0.1) is 0 Å². The standard InChI is InChI=1S/C8H17NO2/c1-2-8(11)6-9(7-8)4-3-5-10/h10-11H,2-7H2,1H3. The van der Waals surface area contributed by atoms with Crippen LogP contribution in [0, 0.1) is 0 Å². The number of hydrogen-bond acceptors (Lipinski definition) is 3. The molecule has 0 aromatic rings. The van der Waals surface area contributed by atoms with Crippen LogP contribution in [-0.4, -0.2) is 47.0 Å². The lowest BCUT2D eigenvalue weighted by atomic mass is 9.91. The molecule has 1 fully saturated rings. The molecule has 0 aliphatic carbocycles. The maximum absolute atomic E-state index is 9.58. The molecule has 11 heavy (non-hydrogen) atoms. The third-order valence-electron chi connectivity index (χ3n) is 2.33. The van der Waals surface area contributed by atoms with E-state index in [0.29, 0.717) is 0 Å². The van der Waals surface area contributed by atoms with Crippen molar-refractivity contribution in [2.75, 3.05) is 26.2 Å². The quantitative estimate of drug-likeness (QED) is 0.598. The van der Waals surface area contributed by atoms with E-state index in [1.54, 1.807) is 0 Å². The van der Waals surface area contributed by atoms with E-state index in [4.69, 9.17) is 5.11 Å². The molecule has 0 saturated carbocycles. The van der Waals surface area contributed by atoms with Crippen molar-refractivity contribution >= 4 is 0 Å². The highest BCUT2D eigenvalue weighted by molar-refractivity contribution is 4.93. The van der Waals surface area contributed by atoms with Gasteiger partial charge in [-0.25, -0.2) is 0 Å². The van der Waals surface area contributed by atoms with Gasteiger partial charge in [0.1, 0.15) is 0 Å². The molecule has 3 heteroatoms. The van der Waals surface area contributed by atoms with Gasteiger partial charge < -0.3 is 10.2 Å². The molecule has 0 amide bonds. The number of aliphatic hydroxyl groups excluding tert-OH is 1. The second kappa shape index (κ2) is 3.52. The van der Waals surface area contributed by atoms with Crippen LogP contribution in [0.15, 0.2) is 0 Å². The maximum Gasteiger partial charge on any atom is 0.0897 e. The van der Waals surface area contributed by atoms with Gasteiger partial charge >= 0.3 is 0 Å². The summed E-state index contributed by atoms with van der Waals surface area (Å²) in [7, 11) is 0. The monoisotopic (exact) mass is 159 g/mol. The number of nitrogens with zero attached hydrogens (tertiary/aromatic N) is 1. The fraction of sp³-hybridized carbons (Fsp3) is 1.00. The van der Waals surface area contributed by atoms with Gasteiger partial charge in [0.25, 0.3) is 0 Å². The van der Waals surface area contributed by atoms with E-state index in [1.165, 1.54) is 0 Å². The van der Waals surface area contributed by atoms with Gasteiger partial charge in [-0.3, -0.25) is 4.90 Å². The second-order valence-corrected chi connectivity index (χ2v) is 3.37. The highest BCUT2D eigenvalue weighted by atomic mass is 16.3. The predicted octanol–water partition coefficient (Wildman–Crippen LogP) is -0.175. The zero-order valence-corrected chi connectivity index (χ0v) is 7.08. The van der Waals surface area contributed by atoms with Crippen LogP contribution < -0.4 is 0 Å². The first-order chi connectivity index (χ1) is 5.20. The van der Waals surface area contributed by atoms with E-state index in [1.807, 2.05) is 6.92 Å². The number of β-amino-alcohol motifs (C(OH)–C–C–N with tert-alkyl or cyclic N) is 1. The SMILES string of the molecule is CCC1(O)CN(CCCO)C1. The minimum atomic E-state index is -0.421. The molecule has 0 aromatic carbocycles. The van der Waals surface area contributed by atoms with E-state index >= 15 is 0 Å². The summed E-state index contributed by atoms with van der Waals surface area (Å²) in [6.07, 6.45) is 1.66. The molecule has 66 valence electrons. The van der Waals surface area contributed by atoms with E-state index < -0.39 is 5.60 Å². The maximum atomic E-state index is 9.58. The molecule has 0 radical (unpaired) electrons. The Hall–Kier alpha value is -0.120. The Morgan fingerprint density at radius 3 is 2.55 bits per heavy atom. The van der Waals surface area contributed by atoms with E-state index in [0.717, 1.165) is 32.5 Å². The van der Waals surface area contributed by atoms with E-state index in [9.17, 15) is 5.11 Å². The lowest BCUT2D eigenvalue weighted by Gasteiger charge is -2.46. The van der Waals surface area contributed by atoms with Gasteiger partial charge in [-0.1, -0.05) is 6.92 Å². The van der Waals surface area contributed by atoms with Crippen LogP contribution >= 0.6 is 0 Å². The molecule has 0 atom stereocenters. The molecule has 0 spiro atoms. The van der Waals surface area contributed by atoms with E-state index in [-0.39, 0.29) is 6.61 Å². The first-order valence-electron chi connectivity index (χ1n) is 4.26. The third kappa shape index (κ3) is 2.15. The summed E-state index contributed by atoms with van der Waals surface area (Å²) in [6.45, 7) is 4.73. The zero-order valence-electron chi connectivity index (χ0n) is 7.08. The molecule has 1 aliphatic rings. The Kier molecular flexibility index (Phi) is 2.87. The average Bonchev–Trinajstić information content (AvgIpc) is 1.96. The van der Waals surface area contributed by atoms with Crippen molar-refractivity contribution in [3.8, 4) is 0 Å². The van der Waals surface area contributed by atoms with Crippen molar-refractivity contribution < 1.29 is 10.2 Å². The Morgan fingerprint density at radius 2 is 2.09 bits per heavy atom. The van der Waals surface area contributed by atoms with Crippen LogP contribution in [0.4, 0.5) is 0 Å². The first-order valence-corrected chi connectivity index (χ1v) is 4.26. The molecule has 1 heterocycles. The van der Waals surface area contributed by atoms with Crippen LogP contribution in [0.1, 0.15) is 19.8 Å². The number of aliphatic hydroxyl groups is 2. The fourth-order valence-corrected chi connectivity index (χ4v) is 1.46. The highest BCUT2D eigenvalue weighted by Gasteiger charge is 2.38. The average molecular weight is 159 g/mol. The normalized spacial score (nSPS) is 23.2. The molecule has 1 saturated heterocycles.